The summed E-state index contributed by atoms with van der Waals surface area (Å²) >= 11 is 0. The summed E-state index contributed by atoms with van der Waals surface area (Å²) in [5.41, 5.74) is 0. The number of amides is 1. The monoisotopic (exact) mass is 185 g/mol. The number of hydrogen-bond acceptors (Lipinski definition) is 3. The predicted octanol–water partition coefficient (Wildman–Crippen LogP) is -0.241. The van der Waals surface area contributed by atoms with E-state index in [2.05, 4.69) is 0 Å². The van der Waals surface area contributed by atoms with E-state index in [4.69, 9.17) is 9.84 Å². The van der Waals surface area contributed by atoms with Gasteiger partial charge in [0.25, 0.3) is 0 Å². The number of ether oxygens (including phenoxy) is 1. The number of hydrogen-bond donors (Lipinski definition) is 1. The molecule has 1 unspecified atom stereocenters. The van der Waals surface area contributed by atoms with Crippen molar-refractivity contribution in [3.63, 3.8) is 0 Å². The van der Waals surface area contributed by atoms with E-state index in [1.807, 2.05) is 4.90 Å². The second kappa shape index (κ2) is 3.64. The molecule has 0 aromatic rings. The molecule has 0 aromatic heterocycles. The van der Waals surface area contributed by atoms with Gasteiger partial charge in [0.2, 0.25) is 5.91 Å². The zero-order valence-electron chi connectivity index (χ0n) is 7.61. The molecule has 0 spiro atoms. The van der Waals surface area contributed by atoms with Crippen LogP contribution in [-0.2, 0) is 9.53 Å². The molecule has 13 heavy (non-hydrogen) atoms. The average Bonchev–Trinajstić information content (AvgIpc) is 2.06. The van der Waals surface area contributed by atoms with E-state index in [1.165, 1.54) is 6.42 Å². The van der Waals surface area contributed by atoms with Crippen LogP contribution in [0.25, 0.3) is 0 Å². The SMILES string of the molecule is O=C1COC(CO)CN1C1CCC1. The fourth-order valence-electron chi connectivity index (χ4n) is 1.81. The third kappa shape index (κ3) is 1.69. The van der Waals surface area contributed by atoms with Crippen molar-refractivity contribution in [2.75, 3.05) is 19.8 Å². The number of rotatable bonds is 2. The van der Waals surface area contributed by atoms with Gasteiger partial charge in [-0.15, -0.1) is 0 Å². The number of nitrogens with zero attached hydrogens (tertiary/aromatic N) is 1. The molecule has 1 saturated carbocycles. The molecule has 2 rings (SSSR count). The fraction of sp³-hybridized carbons (Fsp3) is 0.889. The number of aliphatic hydroxyl groups excluding tert-OH is 1. The molecule has 1 aliphatic heterocycles. The van der Waals surface area contributed by atoms with Gasteiger partial charge in [-0.2, -0.15) is 0 Å². The Hall–Kier alpha value is -0.610. The van der Waals surface area contributed by atoms with Crippen molar-refractivity contribution < 1.29 is 14.6 Å². The van der Waals surface area contributed by atoms with Gasteiger partial charge in [-0.05, 0) is 19.3 Å². The van der Waals surface area contributed by atoms with Crippen molar-refractivity contribution in [3.8, 4) is 0 Å². The summed E-state index contributed by atoms with van der Waals surface area (Å²) in [6, 6.07) is 0.422. The van der Waals surface area contributed by atoms with Crippen molar-refractivity contribution in [1.29, 1.82) is 0 Å². The molecule has 0 radical (unpaired) electrons. The van der Waals surface area contributed by atoms with Crippen LogP contribution in [0.15, 0.2) is 0 Å². The maximum absolute atomic E-state index is 11.4. The van der Waals surface area contributed by atoms with Gasteiger partial charge < -0.3 is 14.7 Å². The van der Waals surface area contributed by atoms with Crippen LogP contribution in [0.2, 0.25) is 0 Å². The Bertz CT molecular complexity index is 203. The molecule has 1 atom stereocenters. The Morgan fingerprint density at radius 2 is 2.31 bits per heavy atom. The second-order valence-electron chi connectivity index (χ2n) is 3.75. The largest absolute Gasteiger partial charge is 0.394 e. The third-order valence-electron chi connectivity index (χ3n) is 2.88. The molecule has 2 aliphatic rings. The van der Waals surface area contributed by atoms with Crippen molar-refractivity contribution in [2.45, 2.75) is 31.4 Å². The molecule has 4 nitrogen and oxygen atoms in total. The Kier molecular flexibility index (Phi) is 2.51. The third-order valence-corrected chi connectivity index (χ3v) is 2.88. The lowest BCUT2D eigenvalue weighted by Crippen LogP contribution is -2.54. The van der Waals surface area contributed by atoms with Crippen molar-refractivity contribution in [2.24, 2.45) is 0 Å². The summed E-state index contributed by atoms with van der Waals surface area (Å²) in [6.07, 6.45) is 3.28. The minimum absolute atomic E-state index is 0.0104. The first kappa shape index (κ1) is 8.97. The van der Waals surface area contributed by atoms with Gasteiger partial charge >= 0.3 is 0 Å². The van der Waals surface area contributed by atoms with Crippen LogP contribution >= 0.6 is 0 Å². The zero-order chi connectivity index (χ0) is 9.26. The molecule has 1 heterocycles. The summed E-state index contributed by atoms with van der Waals surface area (Å²) in [6.45, 7) is 0.720. The molecule has 2 fully saturated rings. The minimum Gasteiger partial charge on any atom is -0.394 e. The summed E-state index contributed by atoms with van der Waals surface area (Å²) in [5, 5.41) is 8.90. The Balaban J connectivity index is 1.94. The quantitative estimate of drug-likeness (QED) is 0.646. The van der Waals surface area contributed by atoms with Crippen LogP contribution in [0, 0.1) is 0 Å². The Morgan fingerprint density at radius 1 is 1.54 bits per heavy atom. The van der Waals surface area contributed by atoms with E-state index in [-0.39, 0.29) is 25.2 Å². The average molecular weight is 185 g/mol. The van der Waals surface area contributed by atoms with Crippen molar-refractivity contribution >= 4 is 5.91 Å². The first-order valence-corrected chi connectivity index (χ1v) is 4.83. The Labute approximate surface area is 77.5 Å². The summed E-state index contributed by atoms with van der Waals surface area (Å²) in [7, 11) is 0. The van der Waals surface area contributed by atoms with Crippen LogP contribution in [0.3, 0.4) is 0 Å². The molecular formula is C9H15NO3. The van der Waals surface area contributed by atoms with Gasteiger partial charge in [-0.3, -0.25) is 4.79 Å². The van der Waals surface area contributed by atoms with Crippen LogP contribution in [-0.4, -0.2) is 47.8 Å². The molecule has 1 aliphatic carbocycles. The molecule has 4 heteroatoms. The molecule has 0 aromatic carbocycles. The normalized spacial score (nSPS) is 30.4. The molecule has 1 amide bonds. The highest BCUT2D eigenvalue weighted by atomic mass is 16.5. The molecule has 1 saturated heterocycles. The predicted molar refractivity (Wildman–Crippen MR) is 46.2 cm³/mol. The first-order valence-electron chi connectivity index (χ1n) is 4.83. The highest BCUT2D eigenvalue weighted by Crippen LogP contribution is 2.26. The lowest BCUT2D eigenvalue weighted by molar-refractivity contribution is -0.157. The first-order chi connectivity index (χ1) is 6.31. The van der Waals surface area contributed by atoms with Gasteiger partial charge in [0, 0.05) is 12.6 Å². The van der Waals surface area contributed by atoms with E-state index in [0.717, 1.165) is 12.8 Å². The Morgan fingerprint density at radius 3 is 2.85 bits per heavy atom. The van der Waals surface area contributed by atoms with Gasteiger partial charge in [-0.25, -0.2) is 0 Å². The maximum Gasteiger partial charge on any atom is 0.248 e. The number of carbonyl (C=O) groups is 1. The minimum atomic E-state index is -0.168. The molecule has 74 valence electrons. The fourth-order valence-corrected chi connectivity index (χ4v) is 1.81. The topological polar surface area (TPSA) is 49.8 Å². The van der Waals surface area contributed by atoms with Crippen molar-refractivity contribution in [1.82, 2.24) is 4.90 Å². The second-order valence-corrected chi connectivity index (χ2v) is 3.75. The maximum atomic E-state index is 11.4. The summed E-state index contributed by atoms with van der Waals surface area (Å²) in [5.74, 6) is 0.0781. The van der Waals surface area contributed by atoms with E-state index in [0.29, 0.717) is 12.6 Å². The van der Waals surface area contributed by atoms with E-state index < -0.39 is 0 Å². The number of carbonyl (C=O) groups excluding carboxylic acids is 1. The van der Waals surface area contributed by atoms with Crippen LogP contribution in [0.4, 0.5) is 0 Å². The highest BCUT2D eigenvalue weighted by Gasteiger charge is 2.33. The zero-order valence-corrected chi connectivity index (χ0v) is 7.61. The van der Waals surface area contributed by atoms with E-state index >= 15 is 0 Å². The van der Waals surface area contributed by atoms with E-state index in [1.54, 1.807) is 0 Å². The van der Waals surface area contributed by atoms with Gasteiger partial charge in [0.15, 0.2) is 0 Å². The van der Waals surface area contributed by atoms with Crippen LogP contribution in [0.5, 0.6) is 0 Å². The van der Waals surface area contributed by atoms with Gasteiger partial charge in [0.05, 0.1) is 12.7 Å². The highest BCUT2D eigenvalue weighted by molar-refractivity contribution is 5.78. The lowest BCUT2D eigenvalue weighted by atomic mass is 9.91. The standard InChI is InChI=1S/C9H15NO3/c11-5-8-4-10(7-2-1-3-7)9(12)6-13-8/h7-8,11H,1-6H2. The van der Waals surface area contributed by atoms with E-state index in [9.17, 15) is 4.79 Å². The van der Waals surface area contributed by atoms with Crippen LogP contribution in [0.1, 0.15) is 19.3 Å². The summed E-state index contributed by atoms with van der Waals surface area (Å²) in [4.78, 5) is 13.3. The van der Waals surface area contributed by atoms with Gasteiger partial charge in [0.1, 0.15) is 6.61 Å². The van der Waals surface area contributed by atoms with Crippen LogP contribution < -0.4 is 0 Å². The molecular weight excluding hydrogens is 170 g/mol. The lowest BCUT2D eigenvalue weighted by Gasteiger charge is -2.41. The summed E-state index contributed by atoms with van der Waals surface area (Å²) < 4.78 is 5.15. The number of aliphatic hydroxyl groups is 1. The van der Waals surface area contributed by atoms with Gasteiger partial charge in [-0.1, -0.05) is 0 Å². The molecule has 1 N–H and O–H groups in total. The number of morpholine rings is 1. The smallest absolute Gasteiger partial charge is 0.248 e. The molecule has 0 bridgehead atoms. The van der Waals surface area contributed by atoms with Crippen molar-refractivity contribution in [3.05, 3.63) is 0 Å².